The summed E-state index contributed by atoms with van der Waals surface area (Å²) >= 11 is 0. The second kappa shape index (κ2) is 12.6. The minimum atomic E-state index is -0.435. The van der Waals surface area contributed by atoms with Crippen LogP contribution in [0.25, 0.3) is 11.3 Å². The van der Waals surface area contributed by atoms with Crippen molar-refractivity contribution in [3.8, 4) is 0 Å². The molecular formula is C34H37FN6O3. The van der Waals surface area contributed by atoms with Crippen molar-refractivity contribution >= 4 is 46.1 Å². The van der Waals surface area contributed by atoms with E-state index in [-0.39, 0.29) is 23.6 Å². The van der Waals surface area contributed by atoms with Crippen molar-refractivity contribution in [2.75, 3.05) is 62.4 Å². The Kier molecular flexibility index (Phi) is 8.45. The van der Waals surface area contributed by atoms with Crippen molar-refractivity contribution in [3.05, 3.63) is 89.2 Å². The van der Waals surface area contributed by atoms with Gasteiger partial charge in [-0.3, -0.25) is 19.3 Å². The Morgan fingerprint density at radius 3 is 2.48 bits per heavy atom. The number of rotatable bonds is 9. The van der Waals surface area contributed by atoms with Crippen LogP contribution in [0.4, 0.5) is 21.5 Å². The molecule has 228 valence electrons. The third-order valence-corrected chi connectivity index (χ3v) is 8.46. The molecule has 1 aliphatic carbocycles. The number of nitrogens with zero attached hydrogens (tertiary/aromatic N) is 3. The number of fused-ring (bicyclic) bond motifs is 1. The van der Waals surface area contributed by atoms with Gasteiger partial charge in [0.15, 0.2) is 0 Å². The van der Waals surface area contributed by atoms with Gasteiger partial charge in [-0.2, -0.15) is 0 Å². The molecule has 2 fully saturated rings. The second-order valence-corrected chi connectivity index (χ2v) is 11.8. The van der Waals surface area contributed by atoms with Crippen LogP contribution in [0.15, 0.2) is 66.7 Å². The lowest BCUT2D eigenvalue weighted by atomic mass is 9.98. The maximum atomic E-state index is 14.0. The molecule has 0 bridgehead atoms. The van der Waals surface area contributed by atoms with Crippen LogP contribution in [0.3, 0.4) is 0 Å². The van der Waals surface area contributed by atoms with Crippen molar-refractivity contribution in [3.63, 3.8) is 0 Å². The first-order valence-corrected chi connectivity index (χ1v) is 15.0. The highest BCUT2D eigenvalue weighted by Gasteiger charge is 2.30. The van der Waals surface area contributed by atoms with Crippen LogP contribution < -0.4 is 20.9 Å². The Morgan fingerprint density at radius 2 is 1.75 bits per heavy atom. The summed E-state index contributed by atoms with van der Waals surface area (Å²) in [6, 6.07) is 19.4. The zero-order valence-electron chi connectivity index (χ0n) is 25.0. The number of anilines is 3. The molecule has 3 aliphatic rings. The molecule has 3 N–H and O–H groups in total. The molecule has 2 heterocycles. The number of hydrogen-bond acceptors (Lipinski definition) is 6. The van der Waals surface area contributed by atoms with E-state index in [0.717, 1.165) is 55.8 Å². The summed E-state index contributed by atoms with van der Waals surface area (Å²) in [6.07, 6.45) is 1.86. The Balaban J connectivity index is 1.25. The minimum Gasteiger partial charge on any atom is -0.354 e. The molecule has 2 aliphatic heterocycles. The molecule has 0 unspecified atom stereocenters. The lowest BCUT2D eigenvalue weighted by Gasteiger charge is -2.32. The predicted molar refractivity (Wildman–Crippen MR) is 170 cm³/mol. The fourth-order valence-electron chi connectivity index (χ4n) is 5.55. The summed E-state index contributed by atoms with van der Waals surface area (Å²) < 4.78 is 14.0. The van der Waals surface area contributed by atoms with E-state index < -0.39 is 5.82 Å². The first-order chi connectivity index (χ1) is 21.2. The molecular weight excluding hydrogens is 559 g/mol. The van der Waals surface area contributed by atoms with Gasteiger partial charge in [0.25, 0.3) is 5.91 Å². The first kappa shape index (κ1) is 29.5. The van der Waals surface area contributed by atoms with E-state index in [2.05, 4.69) is 32.8 Å². The number of piperazine rings is 1. The Hall–Kier alpha value is -4.54. The van der Waals surface area contributed by atoms with Crippen molar-refractivity contribution in [2.24, 2.45) is 5.92 Å². The van der Waals surface area contributed by atoms with E-state index in [1.54, 1.807) is 18.0 Å². The Labute approximate surface area is 256 Å². The van der Waals surface area contributed by atoms with Gasteiger partial charge in [-0.15, -0.1) is 0 Å². The first-order valence-electron chi connectivity index (χ1n) is 15.0. The summed E-state index contributed by atoms with van der Waals surface area (Å²) in [5.74, 6) is -0.581. The van der Waals surface area contributed by atoms with Crippen molar-refractivity contribution in [2.45, 2.75) is 19.4 Å². The zero-order chi connectivity index (χ0) is 30.8. The highest BCUT2D eigenvalue weighted by Crippen LogP contribution is 2.38. The van der Waals surface area contributed by atoms with Gasteiger partial charge in [-0.05, 0) is 79.5 Å². The van der Waals surface area contributed by atoms with Gasteiger partial charge >= 0.3 is 0 Å². The smallest absolute Gasteiger partial charge is 0.258 e. The molecule has 0 atom stereocenters. The fourth-order valence-corrected chi connectivity index (χ4v) is 5.55. The molecule has 0 aromatic heterocycles. The van der Waals surface area contributed by atoms with Gasteiger partial charge < -0.3 is 25.8 Å². The summed E-state index contributed by atoms with van der Waals surface area (Å²) in [6.45, 7) is 4.38. The predicted octanol–water partition coefficient (Wildman–Crippen LogP) is 3.99. The highest BCUT2D eigenvalue weighted by atomic mass is 19.1. The van der Waals surface area contributed by atoms with Crippen LogP contribution in [0.1, 0.15) is 29.5 Å². The van der Waals surface area contributed by atoms with E-state index in [9.17, 15) is 18.8 Å². The molecule has 1 saturated heterocycles. The van der Waals surface area contributed by atoms with Crippen LogP contribution in [-0.4, -0.2) is 74.3 Å². The van der Waals surface area contributed by atoms with Crippen molar-refractivity contribution < 1.29 is 18.8 Å². The fraction of sp³-hybridized carbons (Fsp3) is 0.324. The zero-order valence-corrected chi connectivity index (χ0v) is 25.0. The minimum absolute atomic E-state index is 0.0233. The van der Waals surface area contributed by atoms with E-state index in [1.807, 2.05) is 48.5 Å². The lowest BCUT2D eigenvalue weighted by molar-refractivity contribution is -0.122. The second-order valence-electron chi connectivity index (χ2n) is 11.8. The van der Waals surface area contributed by atoms with Crippen molar-refractivity contribution in [1.82, 2.24) is 15.1 Å². The van der Waals surface area contributed by atoms with Gasteiger partial charge in [-0.25, -0.2) is 4.39 Å². The molecule has 44 heavy (non-hydrogen) atoms. The lowest BCUT2D eigenvalue weighted by Crippen LogP contribution is -2.48. The maximum absolute atomic E-state index is 14.0. The molecule has 3 amide bonds. The largest absolute Gasteiger partial charge is 0.354 e. The number of hydrogen-bond donors (Lipinski definition) is 3. The molecule has 6 rings (SSSR count). The molecule has 10 heteroatoms. The number of carbonyl (C=O) groups is 3. The molecule has 1 saturated carbocycles. The monoisotopic (exact) mass is 596 g/mol. The molecule has 3 aromatic carbocycles. The van der Waals surface area contributed by atoms with Gasteiger partial charge in [0.1, 0.15) is 5.82 Å². The standard InChI is InChI=1S/C34H37FN6O3/c1-39-14-16-41(17-15-39)21-30(42)40(2)27-11-9-26(10-12-27)37-32(31-28-13-8-25(35)19-29(28)38-34(31)44)24-5-3-4-22(18-24)20-36-33(43)23-6-7-23/h3-5,8-13,18-19,23,37H,6-7,14-17,20-21H2,1-2H3,(H,36,43)(H,38,44)/b32-31-. The van der Waals surface area contributed by atoms with Crippen LogP contribution in [0, 0.1) is 11.7 Å². The number of halogens is 1. The Morgan fingerprint density at radius 1 is 1.00 bits per heavy atom. The van der Waals surface area contributed by atoms with Gasteiger partial charge in [-0.1, -0.05) is 18.2 Å². The number of amides is 3. The van der Waals surface area contributed by atoms with Crippen molar-refractivity contribution in [1.29, 1.82) is 0 Å². The topological polar surface area (TPSA) is 97.0 Å². The highest BCUT2D eigenvalue weighted by molar-refractivity contribution is 6.37. The molecule has 9 nitrogen and oxygen atoms in total. The normalized spacial score (nSPS) is 17.9. The maximum Gasteiger partial charge on any atom is 0.258 e. The number of likely N-dealkylation sites (N-methyl/N-ethyl adjacent to an activating group) is 2. The molecule has 0 spiro atoms. The average molecular weight is 597 g/mol. The van der Waals surface area contributed by atoms with Crippen LogP contribution in [0.5, 0.6) is 0 Å². The number of carbonyl (C=O) groups excluding carboxylic acids is 3. The van der Waals surface area contributed by atoms with Gasteiger partial charge in [0.2, 0.25) is 11.8 Å². The van der Waals surface area contributed by atoms with E-state index in [4.69, 9.17) is 0 Å². The van der Waals surface area contributed by atoms with Gasteiger partial charge in [0, 0.05) is 62.6 Å². The average Bonchev–Trinajstić information content (AvgIpc) is 3.83. The van der Waals surface area contributed by atoms with E-state index >= 15 is 0 Å². The number of nitrogens with one attached hydrogen (secondary N) is 3. The van der Waals surface area contributed by atoms with E-state index in [0.29, 0.717) is 41.3 Å². The Bertz CT molecular complexity index is 1610. The SMILES string of the molecule is CN1CCN(CC(=O)N(C)c2ccc(N/C(=C3\C(=O)Nc4cc(F)ccc43)c3cccc(CNC(=O)C4CC4)c3)cc2)CC1. The summed E-state index contributed by atoms with van der Waals surface area (Å²) in [4.78, 5) is 44.6. The molecule has 0 radical (unpaired) electrons. The van der Waals surface area contributed by atoms with Crippen LogP contribution >= 0.6 is 0 Å². The molecule has 3 aromatic rings. The van der Waals surface area contributed by atoms with E-state index in [1.165, 1.54) is 12.1 Å². The van der Waals surface area contributed by atoms with Gasteiger partial charge in [0.05, 0.1) is 23.5 Å². The summed E-state index contributed by atoms with van der Waals surface area (Å²) in [5, 5.41) is 9.21. The van der Waals surface area contributed by atoms with Crippen LogP contribution in [0.2, 0.25) is 0 Å². The third kappa shape index (κ3) is 6.66. The number of benzene rings is 3. The van der Waals surface area contributed by atoms with Crippen LogP contribution in [-0.2, 0) is 20.9 Å². The summed E-state index contributed by atoms with van der Waals surface area (Å²) in [5.41, 5.74) is 5.06. The quantitative estimate of drug-likeness (QED) is 0.324. The third-order valence-electron chi connectivity index (χ3n) is 8.46. The summed E-state index contributed by atoms with van der Waals surface area (Å²) in [7, 11) is 3.87.